The summed E-state index contributed by atoms with van der Waals surface area (Å²) in [6.07, 6.45) is 1.78. The number of rotatable bonds is 3. The second-order valence-corrected chi connectivity index (χ2v) is 4.84. The van der Waals surface area contributed by atoms with Crippen molar-refractivity contribution in [2.24, 2.45) is 0 Å². The Labute approximate surface area is 121 Å². The molecule has 0 aliphatic carbocycles. The summed E-state index contributed by atoms with van der Waals surface area (Å²) < 4.78 is 7.76. The average Bonchev–Trinajstić information content (AvgIpc) is 2.82. The lowest BCUT2D eigenvalue weighted by atomic mass is 10.2. The van der Waals surface area contributed by atoms with Crippen LogP contribution in [0.5, 0.6) is 5.88 Å². The van der Waals surface area contributed by atoms with Gasteiger partial charge in [0.2, 0.25) is 5.88 Å². The van der Waals surface area contributed by atoms with Crippen LogP contribution < -0.4 is 4.74 Å². The van der Waals surface area contributed by atoms with Crippen molar-refractivity contribution >= 4 is 23.4 Å². The molecule has 0 aromatic carbocycles. The SMILES string of the molecule is COc1ccc2[nH]c(=S)n(C(C)c3ccccn3)c2n1. The molecule has 3 rings (SSSR count). The van der Waals surface area contributed by atoms with Crippen molar-refractivity contribution < 1.29 is 4.74 Å². The summed E-state index contributed by atoms with van der Waals surface area (Å²) in [5, 5.41) is 0. The standard InChI is InChI=1S/C14H14N4OS/c1-9(10-5-3-4-8-15-10)18-13-11(16-14(18)20)6-7-12(17-13)19-2/h3-9H,1-2H3,(H,16,20). The first kappa shape index (κ1) is 12.8. The zero-order valence-electron chi connectivity index (χ0n) is 11.2. The van der Waals surface area contributed by atoms with Crippen molar-refractivity contribution in [2.75, 3.05) is 7.11 Å². The zero-order chi connectivity index (χ0) is 14.1. The van der Waals surface area contributed by atoms with Gasteiger partial charge in [-0.15, -0.1) is 0 Å². The fourth-order valence-electron chi connectivity index (χ4n) is 2.21. The van der Waals surface area contributed by atoms with E-state index < -0.39 is 0 Å². The number of aromatic nitrogens is 4. The van der Waals surface area contributed by atoms with Gasteiger partial charge in [0.25, 0.3) is 0 Å². The third-order valence-electron chi connectivity index (χ3n) is 3.25. The van der Waals surface area contributed by atoms with E-state index in [-0.39, 0.29) is 6.04 Å². The molecular weight excluding hydrogens is 272 g/mol. The molecule has 3 heterocycles. The third-order valence-corrected chi connectivity index (χ3v) is 3.55. The summed E-state index contributed by atoms with van der Waals surface area (Å²) in [5.74, 6) is 0.563. The van der Waals surface area contributed by atoms with E-state index in [2.05, 4.69) is 15.0 Å². The number of ether oxygens (including phenoxy) is 1. The molecule has 20 heavy (non-hydrogen) atoms. The van der Waals surface area contributed by atoms with Crippen molar-refractivity contribution in [2.45, 2.75) is 13.0 Å². The summed E-state index contributed by atoms with van der Waals surface area (Å²) in [7, 11) is 1.60. The Kier molecular flexibility index (Phi) is 3.23. The van der Waals surface area contributed by atoms with Crippen LogP contribution >= 0.6 is 12.2 Å². The Morgan fingerprint density at radius 2 is 2.15 bits per heavy atom. The van der Waals surface area contributed by atoms with Gasteiger partial charge in [0, 0.05) is 12.3 Å². The van der Waals surface area contributed by atoms with Gasteiger partial charge in [-0.25, -0.2) is 0 Å². The highest BCUT2D eigenvalue weighted by atomic mass is 32.1. The Hall–Kier alpha value is -2.21. The number of H-pyrrole nitrogens is 1. The lowest BCUT2D eigenvalue weighted by Crippen LogP contribution is -2.09. The first-order valence-corrected chi connectivity index (χ1v) is 6.67. The van der Waals surface area contributed by atoms with Crippen LogP contribution in [0.2, 0.25) is 0 Å². The van der Waals surface area contributed by atoms with Gasteiger partial charge in [0.05, 0.1) is 24.4 Å². The number of pyridine rings is 2. The van der Waals surface area contributed by atoms with Crippen LogP contribution in [0.4, 0.5) is 0 Å². The number of methoxy groups -OCH3 is 1. The summed E-state index contributed by atoms with van der Waals surface area (Å²) in [5.41, 5.74) is 2.60. The molecule has 0 fully saturated rings. The van der Waals surface area contributed by atoms with Crippen LogP contribution in [-0.4, -0.2) is 26.6 Å². The van der Waals surface area contributed by atoms with Crippen LogP contribution in [-0.2, 0) is 0 Å². The molecule has 0 aliphatic heterocycles. The number of aromatic amines is 1. The number of nitrogens with one attached hydrogen (secondary N) is 1. The highest BCUT2D eigenvalue weighted by Gasteiger charge is 2.15. The van der Waals surface area contributed by atoms with Gasteiger partial charge in [-0.2, -0.15) is 4.98 Å². The smallest absolute Gasteiger partial charge is 0.215 e. The van der Waals surface area contributed by atoms with Crippen molar-refractivity contribution in [3.8, 4) is 5.88 Å². The number of imidazole rings is 1. The Morgan fingerprint density at radius 3 is 2.85 bits per heavy atom. The summed E-state index contributed by atoms with van der Waals surface area (Å²) in [6, 6.07) is 9.56. The Bertz CT molecular complexity index is 794. The van der Waals surface area contributed by atoms with E-state index in [1.54, 1.807) is 13.3 Å². The van der Waals surface area contributed by atoms with E-state index in [1.165, 1.54) is 0 Å². The molecule has 6 heteroatoms. The number of fused-ring (bicyclic) bond motifs is 1. The van der Waals surface area contributed by atoms with Gasteiger partial charge in [0.15, 0.2) is 10.4 Å². The average molecular weight is 286 g/mol. The van der Waals surface area contributed by atoms with Gasteiger partial charge in [-0.1, -0.05) is 6.07 Å². The minimum Gasteiger partial charge on any atom is -0.481 e. The second kappa shape index (κ2) is 5.05. The normalized spacial score (nSPS) is 12.5. The molecule has 0 radical (unpaired) electrons. The maximum atomic E-state index is 5.41. The van der Waals surface area contributed by atoms with Crippen molar-refractivity contribution in [1.29, 1.82) is 0 Å². The van der Waals surface area contributed by atoms with Gasteiger partial charge in [-0.05, 0) is 37.3 Å². The lowest BCUT2D eigenvalue weighted by molar-refractivity contribution is 0.398. The van der Waals surface area contributed by atoms with Crippen LogP contribution in [0.15, 0.2) is 36.5 Å². The molecule has 1 unspecified atom stereocenters. The van der Waals surface area contributed by atoms with E-state index in [1.807, 2.05) is 41.8 Å². The third kappa shape index (κ3) is 2.08. The van der Waals surface area contributed by atoms with Crippen LogP contribution in [0.25, 0.3) is 11.2 Å². The summed E-state index contributed by atoms with van der Waals surface area (Å²) >= 11 is 5.41. The highest BCUT2D eigenvalue weighted by molar-refractivity contribution is 7.71. The fraction of sp³-hybridized carbons (Fsp3) is 0.214. The molecule has 0 saturated heterocycles. The molecule has 3 aromatic rings. The molecule has 0 aliphatic rings. The molecule has 0 saturated carbocycles. The minimum absolute atomic E-state index is 0.00273. The van der Waals surface area contributed by atoms with E-state index in [9.17, 15) is 0 Å². The predicted molar refractivity (Wildman–Crippen MR) is 79.5 cm³/mol. The van der Waals surface area contributed by atoms with Crippen LogP contribution in [0.3, 0.4) is 0 Å². The Morgan fingerprint density at radius 1 is 1.30 bits per heavy atom. The number of hydrogen-bond donors (Lipinski definition) is 1. The van der Waals surface area contributed by atoms with E-state index in [4.69, 9.17) is 17.0 Å². The molecule has 1 N–H and O–H groups in total. The molecule has 1 atom stereocenters. The predicted octanol–water partition coefficient (Wildman–Crippen LogP) is 3.11. The van der Waals surface area contributed by atoms with Crippen molar-refractivity contribution in [1.82, 2.24) is 19.5 Å². The fourth-order valence-corrected chi connectivity index (χ4v) is 2.57. The van der Waals surface area contributed by atoms with E-state index in [0.29, 0.717) is 10.7 Å². The zero-order valence-corrected chi connectivity index (χ0v) is 12.0. The summed E-state index contributed by atoms with van der Waals surface area (Å²) in [4.78, 5) is 12.0. The molecule has 0 amide bonds. The lowest BCUT2D eigenvalue weighted by Gasteiger charge is -2.13. The second-order valence-electron chi connectivity index (χ2n) is 4.46. The molecule has 5 nitrogen and oxygen atoms in total. The van der Waals surface area contributed by atoms with Gasteiger partial charge < -0.3 is 9.72 Å². The number of hydrogen-bond acceptors (Lipinski definition) is 4. The number of nitrogens with zero attached hydrogens (tertiary/aromatic N) is 3. The Balaban J connectivity index is 2.20. The topological polar surface area (TPSA) is 55.7 Å². The maximum Gasteiger partial charge on any atom is 0.215 e. The van der Waals surface area contributed by atoms with Crippen molar-refractivity contribution in [3.63, 3.8) is 0 Å². The van der Waals surface area contributed by atoms with E-state index in [0.717, 1.165) is 16.9 Å². The molecule has 0 bridgehead atoms. The van der Waals surface area contributed by atoms with Gasteiger partial charge in [-0.3, -0.25) is 9.55 Å². The summed E-state index contributed by atoms with van der Waals surface area (Å²) in [6.45, 7) is 2.05. The van der Waals surface area contributed by atoms with Crippen molar-refractivity contribution in [3.05, 3.63) is 47.0 Å². The highest BCUT2D eigenvalue weighted by Crippen LogP contribution is 2.23. The van der Waals surface area contributed by atoms with Gasteiger partial charge in [0.1, 0.15) is 0 Å². The first-order chi connectivity index (χ1) is 9.70. The first-order valence-electron chi connectivity index (χ1n) is 6.27. The molecular formula is C14H14N4OS. The molecule has 0 spiro atoms. The monoisotopic (exact) mass is 286 g/mol. The van der Waals surface area contributed by atoms with Crippen LogP contribution in [0, 0.1) is 4.77 Å². The minimum atomic E-state index is -0.00273. The van der Waals surface area contributed by atoms with Crippen LogP contribution in [0.1, 0.15) is 18.7 Å². The molecule has 3 aromatic heterocycles. The molecule has 102 valence electrons. The largest absolute Gasteiger partial charge is 0.481 e. The maximum absolute atomic E-state index is 5.41. The van der Waals surface area contributed by atoms with Gasteiger partial charge >= 0.3 is 0 Å². The quantitative estimate of drug-likeness (QED) is 0.752. The van der Waals surface area contributed by atoms with E-state index >= 15 is 0 Å².